The van der Waals surface area contributed by atoms with Gasteiger partial charge in [-0.3, -0.25) is 14.9 Å². The first-order chi connectivity index (χ1) is 15.3. The minimum atomic E-state index is -0.377. The van der Waals surface area contributed by atoms with Crippen molar-refractivity contribution in [2.24, 2.45) is 0 Å². The maximum absolute atomic E-state index is 12.7. The molecule has 2 aromatic carbocycles. The number of hydrogen-bond acceptors (Lipinski definition) is 5. The molecule has 1 aliphatic heterocycles. The molecule has 2 amide bonds. The molecule has 0 atom stereocenters. The fourth-order valence-corrected chi connectivity index (χ4v) is 5.06. The van der Waals surface area contributed by atoms with E-state index in [4.69, 9.17) is 17.0 Å². The predicted molar refractivity (Wildman–Crippen MR) is 138 cm³/mol. The van der Waals surface area contributed by atoms with E-state index in [2.05, 4.69) is 47.4 Å². The van der Waals surface area contributed by atoms with Gasteiger partial charge >= 0.3 is 0 Å². The summed E-state index contributed by atoms with van der Waals surface area (Å²) in [7, 11) is 1.50. The molecule has 0 spiro atoms. The van der Waals surface area contributed by atoms with Crippen molar-refractivity contribution >= 4 is 72.4 Å². The summed E-state index contributed by atoms with van der Waals surface area (Å²) >= 11 is 12.1. The highest BCUT2D eigenvalue weighted by Gasteiger charge is 2.20. The lowest BCUT2D eigenvalue weighted by molar-refractivity contribution is -0.131. The molecule has 0 radical (unpaired) electrons. The standard InChI is InChI=1S/C22H24Br2N4O3S/c1-3-19(29)28-10-8-27(9-11-28)16-6-4-15(5-7-16)25-22(32)26-21(30)17-12-14(23)13-18(24)20(17)31-2/h4-7,12-13H,3,8-11H2,1-2H3,(H2,25,26,30,32). The predicted octanol–water partition coefficient (Wildman–Crippen LogP) is 4.41. The maximum atomic E-state index is 12.7. The summed E-state index contributed by atoms with van der Waals surface area (Å²) in [5.74, 6) is 0.253. The Balaban J connectivity index is 1.58. The van der Waals surface area contributed by atoms with Crippen LogP contribution < -0.4 is 20.3 Å². The van der Waals surface area contributed by atoms with Crippen LogP contribution in [0.3, 0.4) is 0 Å². The quantitative estimate of drug-likeness (QED) is 0.508. The molecule has 10 heteroatoms. The third-order valence-electron chi connectivity index (χ3n) is 5.11. The highest BCUT2D eigenvalue weighted by Crippen LogP contribution is 2.32. The molecule has 32 heavy (non-hydrogen) atoms. The molecule has 3 rings (SSSR count). The smallest absolute Gasteiger partial charge is 0.261 e. The second kappa shape index (κ2) is 11.1. The Bertz CT molecular complexity index is 1010. The number of benzene rings is 2. The number of nitrogens with zero attached hydrogens (tertiary/aromatic N) is 2. The van der Waals surface area contributed by atoms with Crippen LogP contribution in [0.2, 0.25) is 0 Å². The number of amides is 2. The average molecular weight is 584 g/mol. The average Bonchev–Trinajstić information content (AvgIpc) is 2.78. The second-order valence-corrected chi connectivity index (χ2v) is 9.32. The van der Waals surface area contributed by atoms with E-state index in [0.717, 1.165) is 42.0 Å². The summed E-state index contributed by atoms with van der Waals surface area (Å²) in [5.41, 5.74) is 2.20. The summed E-state index contributed by atoms with van der Waals surface area (Å²) in [5, 5.41) is 5.91. The number of anilines is 2. The Morgan fingerprint density at radius 2 is 1.75 bits per heavy atom. The molecule has 0 saturated carbocycles. The summed E-state index contributed by atoms with van der Waals surface area (Å²) in [6.45, 7) is 4.96. The Kier molecular flexibility index (Phi) is 8.50. The lowest BCUT2D eigenvalue weighted by Crippen LogP contribution is -2.48. The molecule has 0 unspecified atom stereocenters. The van der Waals surface area contributed by atoms with Gasteiger partial charge in [0.1, 0.15) is 5.75 Å². The topological polar surface area (TPSA) is 73.9 Å². The number of piperazine rings is 1. The van der Waals surface area contributed by atoms with Crippen LogP contribution in [0.1, 0.15) is 23.7 Å². The fraction of sp³-hybridized carbons (Fsp3) is 0.318. The van der Waals surface area contributed by atoms with Gasteiger partial charge in [-0.15, -0.1) is 0 Å². The fourth-order valence-electron chi connectivity index (χ4n) is 3.46. The number of rotatable bonds is 5. The Morgan fingerprint density at radius 3 is 2.34 bits per heavy atom. The van der Waals surface area contributed by atoms with Crippen LogP contribution in [0.5, 0.6) is 5.75 Å². The zero-order chi connectivity index (χ0) is 23.3. The van der Waals surface area contributed by atoms with Crippen LogP contribution in [0.25, 0.3) is 0 Å². The largest absolute Gasteiger partial charge is 0.495 e. The third kappa shape index (κ3) is 5.99. The van der Waals surface area contributed by atoms with Crippen molar-refractivity contribution < 1.29 is 14.3 Å². The zero-order valence-corrected chi connectivity index (χ0v) is 21.8. The van der Waals surface area contributed by atoms with Gasteiger partial charge in [-0.25, -0.2) is 0 Å². The number of hydrogen-bond donors (Lipinski definition) is 2. The lowest BCUT2D eigenvalue weighted by Gasteiger charge is -2.36. The molecular weight excluding hydrogens is 560 g/mol. The van der Waals surface area contributed by atoms with Gasteiger partial charge in [0.2, 0.25) is 5.91 Å². The van der Waals surface area contributed by atoms with Crippen LogP contribution in [0.15, 0.2) is 45.3 Å². The van der Waals surface area contributed by atoms with Gasteiger partial charge in [0, 0.05) is 48.4 Å². The molecule has 1 saturated heterocycles. The Hall–Kier alpha value is -2.17. The highest BCUT2D eigenvalue weighted by atomic mass is 79.9. The van der Waals surface area contributed by atoms with Crippen molar-refractivity contribution in [3.63, 3.8) is 0 Å². The molecule has 2 N–H and O–H groups in total. The molecule has 1 aliphatic rings. The van der Waals surface area contributed by atoms with E-state index in [1.165, 1.54) is 7.11 Å². The van der Waals surface area contributed by atoms with Gasteiger partial charge in [0.15, 0.2) is 5.11 Å². The first-order valence-electron chi connectivity index (χ1n) is 10.1. The number of ether oxygens (including phenoxy) is 1. The van der Waals surface area contributed by atoms with Crippen LogP contribution in [-0.2, 0) is 4.79 Å². The number of methoxy groups -OCH3 is 1. The van der Waals surface area contributed by atoms with Gasteiger partial charge in [-0.2, -0.15) is 0 Å². The molecule has 170 valence electrons. The first kappa shape index (κ1) is 24.5. The number of carbonyl (C=O) groups excluding carboxylic acids is 2. The normalized spacial score (nSPS) is 13.5. The molecule has 7 nitrogen and oxygen atoms in total. The summed E-state index contributed by atoms with van der Waals surface area (Å²) in [6, 6.07) is 11.3. The lowest BCUT2D eigenvalue weighted by atomic mass is 10.2. The summed E-state index contributed by atoms with van der Waals surface area (Å²) in [4.78, 5) is 28.7. The van der Waals surface area contributed by atoms with Crippen molar-refractivity contribution in [3.05, 3.63) is 50.9 Å². The number of nitrogens with one attached hydrogen (secondary N) is 2. The SMILES string of the molecule is CCC(=O)N1CCN(c2ccc(NC(=S)NC(=O)c3cc(Br)cc(Br)c3OC)cc2)CC1. The second-order valence-electron chi connectivity index (χ2n) is 7.14. The van der Waals surface area contributed by atoms with Crippen molar-refractivity contribution in [2.75, 3.05) is 43.5 Å². The maximum Gasteiger partial charge on any atom is 0.261 e. The summed E-state index contributed by atoms with van der Waals surface area (Å²) in [6.07, 6.45) is 0.544. The van der Waals surface area contributed by atoms with E-state index in [0.29, 0.717) is 22.2 Å². The van der Waals surface area contributed by atoms with E-state index in [-0.39, 0.29) is 16.9 Å². The van der Waals surface area contributed by atoms with Crippen molar-refractivity contribution in [1.29, 1.82) is 0 Å². The number of halogens is 2. The van der Waals surface area contributed by atoms with Crippen LogP contribution >= 0.6 is 44.1 Å². The van der Waals surface area contributed by atoms with Gasteiger partial charge < -0.3 is 19.9 Å². The van der Waals surface area contributed by atoms with Gasteiger partial charge in [-0.05, 0) is 64.5 Å². The van der Waals surface area contributed by atoms with Gasteiger partial charge in [-0.1, -0.05) is 22.9 Å². The number of thiocarbonyl (C=S) groups is 1. The first-order valence-corrected chi connectivity index (χ1v) is 12.1. The van der Waals surface area contributed by atoms with E-state index in [9.17, 15) is 9.59 Å². The van der Waals surface area contributed by atoms with Crippen LogP contribution in [0.4, 0.5) is 11.4 Å². The van der Waals surface area contributed by atoms with Gasteiger partial charge in [0.05, 0.1) is 17.1 Å². The van der Waals surface area contributed by atoms with E-state index in [1.54, 1.807) is 12.1 Å². The summed E-state index contributed by atoms with van der Waals surface area (Å²) < 4.78 is 6.73. The van der Waals surface area contributed by atoms with E-state index in [1.807, 2.05) is 36.1 Å². The minimum Gasteiger partial charge on any atom is -0.495 e. The van der Waals surface area contributed by atoms with Crippen LogP contribution in [0, 0.1) is 0 Å². The van der Waals surface area contributed by atoms with Crippen molar-refractivity contribution in [2.45, 2.75) is 13.3 Å². The minimum absolute atomic E-state index is 0.188. The van der Waals surface area contributed by atoms with Crippen molar-refractivity contribution in [1.82, 2.24) is 10.2 Å². The Labute approximate surface area is 209 Å². The molecular formula is C22H24Br2N4O3S. The Morgan fingerprint density at radius 1 is 1.09 bits per heavy atom. The van der Waals surface area contributed by atoms with E-state index < -0.39 is 0 Å². The molecule has 1 heterocycles. The van der Waals surface area contributed by atoms with E-state index >= 15 is 0 Å². The molecule has 0 aliphatic carbocycles. The number of carbonyl (C=O) groups is 2. The van der Waals surface area contributed by atoms with Gasteiger partial charge in [0.25, 0.3) is 5.91 Å². The van der Waals surface area contributed by atoms with Crippen LogP contribution in [-0.4, -0.2) is 55.1 Å². The van der Waals surface area contributed by atoms with Crippen molar-refractivity contribution in [3.8, 4) is 5.75 Å². The monoisotopic (exact) mass is 582 g/mol. The molecule has 0 bridgehead atoms. The highest BCUT2D eigenvalue weighted by molar-refractivity contribution is 9.11. The third-order valence-corrected chi connectivity index (χ3v) is 6.36. The molecule has 2 aromatic rings. The zero-order valence-electron chi connectivity index (χ0n) is 17.8. The molecule has 0 aromatic heterocycles. The molecule has 1 fully saturated rings.